The maximum atomic E-state index is 9.14. The van der Waals surface area contributed by atoms with E-state index in [1.54, 1.807) is 6.08 Å². The topological polar surface area (TPSA) is 40.5 Å². The minimum Gasteiger partial charge on any atom is -0.390 e. The molecule has 0 aromatic carbocycles. The van der Waals surface area contributed by atoms with E-state index in [4.69, 9.17) is 10.2 Å². The van der Waals surface area contributed by atoms with Gasteiger partial charge < -0.3 is 10.2 Å². The zero-order chi connectivity index (χ0) is 6.85. The highest BCUT2D eigenvalue weighted by Crippen LogP contribution is 2.17. The molecule has 2 heteroatoms. The van der Waals surface area contributed by atoms with Crippen LogP contribution in [0.15, 0.2) is 12.2 Å². The van der Waals surface area contributed by atoms with E-state index in [0.717, 1.165) is 6.42 Å². The van der Waals surface area contributed by atoms with Gasteiger partial charge in [0.05, 0.1) is 12.2 Å². The average molecular weight is 128 g/mol. The van der Waals surface area contributed by atoms with Gasteiger partial charge in [-0.15, -0.1) is 0 Å². The molecule has 9 heavy (non-hydrogen) atoms. The van der Waals surface area contributed by atoms with Crippen molar-refractivity contribution in [1.82, 2.24) is 0 Å². The quantitative estimate of drug-likeness (QED) is 0.461. The Kier molecular flexibility index (Phi) is 1.88. The minimum atomic E-state index is -0.645. The molecule has 0 saturated heterocycles. The Morgan fingerprint density at radius 2 is 2.11 bits per heavy atom. The van der Waals surface area contributed by atoms with Crippen LogP contribution < -0.4 is 0 Å². The Labute approximate surface area is 54.8 Å². The average Bonchev–Trinajstić information content (AvgIpc) is 1.83. The number of hydrogen-bond acceptors (Lipinski definition) is 2. The molecule has 2 N–H and O–H groups in total. The van der Waals surface area contributed by atoms with Crippen molar-refractivity contribution >= 4 is 0 Å². The lowest BCUT2D eigenvalue weighted by Gasteiger charge is -2.24. The molecule has 3 atom stereocenters. The summed E-state index contributed by atoms with van der Waals surface area (Å²) < 4.78 is 0. The second-order valence-corrected chi connectivity index (χ2v) is 2.62. The molecule has 2 nitrogen and oxygen atoms in total. The molecule has 0 aliphatic heterocycles. The van der Waals surface area contributed by atoms with E-state index in [2.05, 4.69) is 0 Å². The van der Waals surface area contributed by atoms with Gasteiger partial charge >= 0.3 is 0 Å². The molecule has 0 amide bonds. The summed E-state index contributed by atoms with van der Waals surface area (Å²) in [4.78, 5) is 0. The second-order valence-electron chi connectivity index (χ2n) is 2.62. The molecule has 1 aliphatic rings. The van der Waals surface area contributed by atoms with E-state index in [1.165, 1.54) is 0 Å². The van der Waals surface area contributed by atoms with Crippen LogP contribution in [0.25, 0.3) is 0 Å². The first kappa shape index (κ1) is 6.78. The monoisotopic (exact) mass is 128 g/mol. The van der Waals surface area contributed by atoms with Gasteiger partial charge in [-0.25, -0.2) is 0 Å². The standard InChI is InChI=1S/C7H12O2/c1-5-3-2-4-6(8)7(5)9/h2,4-9H,3H2,1H3/t5-,6+,7-/m1/s1. The van der Waals surface area contributed by atoms with Crippen LogP contribution in [0.4, 0.5) is 0 Å². The van der Waals surface area contributed by atoms with Gasteiger partial charge in [-0.1, -0.05) is 19.1 Å². The number of allylic oxidation sites excluding steroid dienone is 1. The predicted octanol–water partition coefficient (Wildman–Crippen LogP) is 0.304. The Morgan fingerprint density at radius 3 is 2.56 bits per heavy atom. The van der Waals surface area contributed by atoms with Gasteiger partial charge in [0.15, 0.2) is 0 Å². The van der Waals surface area contributed by atoms with E-state index in [0.29, 0.717) is 0 Å². The fourth-order valence-corrected chi connectivity index (χ4v) is 1.02. The first-order valence-electron chi connectivity index (χ1n) is 3.24. The third-order valence-electron chi connectivity index (χ3n) is 1.77. The summed E-state index contributed by atoms with van der Waals surface area (Å²) >= 11 is 0. The van der Waals surface area contributed by atoms with Crippen molar-refractivity contribution in [2.24, 2.45) is 5.92 Å². The smallest absolute Gasteiger partial charge is 0.0982 e. The molecular formula is C7H12O2. The van der Waals surface area contributed by atoms with E-state index in [1.807, 2.05) is 13.0 Å². The molecule has 52 valence electrons. The summed E-state index contributed by atoms with van der Waals surface area (Å²) in [6.45, 7) is 1.93. The molecule has 0 aromatic rings. The lowest BCUT2D eigenvalue weighted by atomic mass is 9.91. The molecule has 0 fully saturated rings. The van der Waals surface area contributed by atoms with Crippen LogP contribution in [0.1, 0.15) is 13.3 Å². The van der Waals surface area contributed by atoms with Crippen molar-refractivity contribution in [3.8, 4) is 0 Å². The van der Waals surface area contributed by atoms with Gasteiger partial charge in [-0.2, -0.15) is 0 Å². The van der Waals surface area contributed by atoms with E-state index >= 15 is 0 Å². The van der Waals surface area contributed by atoms with Crippen LogP contribution in [0.5, 0.6) is 0 Å². The molecule has 0 unspecified atom stereocenters. The Balaban J connectivity index is 2.58. The summed E-state index contributed by atoms with van der Waals surface area (Å²) in [7, 11) is 0. The van der Waals surface area contributed by atoms with Gasteiger partial charge in [-0.3, -0.25) is 0 Å². The highest BCUT2D eigenvalue weighted by atomic mass is 16.3. The van der Waals surface area contributed by atoms with Crippen molar-refractivity contribution in [3.05, 3.63) is 12.2 Å². The van der Waals surface area contributed by atoms with Crippen molar-refractivity contribution in [3.63, 3.8) is 0 Å². The third kappa shape index (κ3) is 1.32. The van der Waals surface area contributed by atoms with Crippen LogP contribution in [0.3, 0.4) is 0 Å². The lowest BCUT2D eigenvalue weighted by Crippen LogP contribution is -2.32. The van der Waals surface area contributed by atoms with Crippen LogP contribution >= 0.6 is 0 Å². The molecule has 1 aliphatic carbocycles. The third-order valence-corrected chi connectivity index (χ3v) is 1.77. The van der Waals surface area contributed by atoms with Crippen molar-refractivity contribution in [1.29, 1.82) is 0 Å². The van der Waals surface area contributed by atoms with E-state index < -0.39 is 12.2 Å². The Hall–Kier alpha value is -0.340. The predicted molar refractivity (Wildman–Crippen MR) is 34.9 cm³/mol. The fraction of sp³-hybridized carbons (Fsp3) is 0.714. The van der Waals surface area contributed by atoms with Gasteiger partial charge in [0.1, 0.15) is 0 Å². The van der Waals surface area contributed by atoms with Crippen molar-refractivity contribution < 1.29 is 10.2 Å². The number of aliphatic hydroxyl groups excluding tert-OH is 2. The van der Waals surface area contributed by atoms with Crippen LogP contribution in [0.2, 0.25) is 0 Å². The lowest BCUT2D eigenvalue weighted by molar-refractivity contribution is 0.00786. The molecule has 0 heterocycles. The number of aliphatic hydroxyl groups is 2. The molecule has 1 rings (SSSR count). The number of rotatable bonds is 0. The normalized spacial score (nSPS) is 43.2. The first-order chi connectivity index (χ1) is 4.22. The van der Waals surface area contributed by atoms with Crippen molar-refractivity contribution in [2.45, 2.75) is 25.6 Å². The summed E-state index contributed by atoms with van der Waals surface area (Å²) in [5, 5.41) is 18.2. The second kappa shape index (κ2) is 2.50. The van der Waals surface area contributed by atoms with Crippen LogP contribution in [-0.2, 0) is 0 Å². The zero-order valence-corrected chi connectivity index (χ0v) is 5.49. The molecule has 0 bridgehead atoms. The molecule has 0 spiro atoms. The van der Waals surface area contributed by atoms with Gasteiger partial charge in [-0.05, 0) is 12.3 Å². The fourth-order valence-electron chi connectivity index (χ4n) is 1.02. The van der Waals surface area contributed by atoms with Crippen molar-refractivity contribution in [2.75, 3.05) is 0 Å². The zero-order valence-electron chi connectivity index (χ0n) is 5.49. The van der Waals surface area contributed by atoms with E-state index in [9.17, 15) is 0 Å². The first-order valence-corrected chi connectivity index (χ1v) is 3.24. The van der Waals surface area contributed by atoms with Crippen LogP contribution in [-0.4, -0.2) is 22.4 Å². The summed E-state index contributed by atoms with van der Waals surface area (Å²) in [5.74, 6) is 0.199. The maximum absolute atomic E-state index is 9.14. The SMILES string of the molecule is C[C@@H]1CC=C[C@H](O)[C@@H]1O. The molecular weight excluding hydrogens is 116 g/mol. The minimum absolute atomic E-state index is 0.199. The largest absolute Gasteiger partial charge is 0.390 e. The molecule has 0 saturated carbocycles. The summed E-state index contributed by atoms with van der Waals surface area (Å²) in [6, 6.07) is 0. The maximum Gasteiger partial charge on any atom is 0.0982 e. The highest BCUT2D eigenvalue weighted by molar-refractivity contribution is 5.00. The molecule has 0 aromatic heterocycles. The van der Waals surface area contributed by atoms with Crippen LogP contribution in [0, 0.1) is 5.92 Å². The highest BCUT2D eigenvalue weighted by Gasteiger charge is 2.22. The number of hydrogen-bond donors (Lipinski definition) is 2. The summed E-state index contributed by atoms with van der Waals surface area (Å²) in [6.07, 6.45) is 3.22. The van der Waals surface area contributed by atoms with E-state index in [-0.39, 0.29) is 5.92 Å². The Bertz CT molecular complexity index is 120. The summed E-state index contributed by atoms with van der Waals surface area (Å²) in [5.41, 5.74) is 0. The molecule has 0 radical (unpaired) electrons. The van der Waals surface area contributed by atoms with Gasteiger partial charge in [0.2, 0.25) is 0 Å². The van der Waals surface area contributed by atoms with Gasteiger partial charge in [0, 0.05) is 0 Å². The Morgan fingerprint density at radius 1 is 1.44 bits per heavy atom. The van der Waals surface area contributed by atoms with Gasteiger partial charge in [0.25, 0.3) is 0 Å².